The molecule has 254 valence electrons. The number of fused-ring (bicyclic) bond motifs is 3. The van der Waals surface area contributed by atoms with Gasteiger partial charge in [0.05, 0.1) is 40.3 Å². The van der Waals surface area contributed by atoms with Gasteiger partial charge in [-0.2, -0.15) is 0 Å². The van der Waals surface area contributed by atoms with Gasteiger partial charge < -0.3 is 19.1 Å². The number of carbonyl (C=O) groups excluding carboxylic acids is 3. The molecular formula is C34H42BrN3O8S. The first kappa shape index (κ1) is 33.7. The number of benzene rings is 1. The topological polar surface area (TPSA) is 141 Å². The van der Waals surface area contributed by atoms with Gasteiger partial charge in [-0.1, -0.05) is 12.2 Å². The van der Waals surface area contributed by atoms with E-state index in [2.05, 4.69) is 25.6 Å². The highest BCUT2D eigenvalue weighted by atomic mass is 79.9. The Morgan fingerprint density at radius 2 is 1.91 bits per heavy atom. The standard InChI is InChI=1S/C34H42BrN3O8S/c1-4-45-29-17-28(23-12-13-27(44-3)30(35)31(23)36-29)46-21-15-24-25(16-21)32(40)38(2)14-8-6-5-7-9-20-18-34(20,19-26(24)39)33(41)37-47(42,43)22-10-11-22/h7,9,12-13,17,20-22,24-25H,4-6,8,10-11,14-16,18-19H2,1-3H3,(H,37,41)/b9-7-/t20-,21-,24-,25-,34-/m1/s1. The van der Waals surface area contributed by atoms with Crippen molar-refractivity contribution in [3.8, 4) is 17.4 Å². The number of hydrogen-bond acceptors (Lipinski definition) is 9. The van der Waals surface area contributed by atoms with Crippen LogP contribution in [0.15, 0.2) is 34.8 Å². The lowest BCUT2D eigenvalue weighted by Gasteiger charge is -2.26. The van der Waals surface area contributed by atoms with Crippen molar-refractivity contribution >= 4 is 54.5 Å². The molecule has 3 saturated carbocycles. The van der Waals surface area contributed by atoms with E-state index in [1.165, 1.54) is 0 Å². The molecule has 0 saturated heterocycles. The minimum Gasteiger partial charge on any atom is -0.495 e. The smallest absolute Gasteiger partial charge is 0.240 e. The van der Waals surface area contributed by atoms with Crippen LogP contribution in [0.25, 0.3) is 10.9 Å². The van der Waals surface area contributed by atoms with Crippen LogP contribution in [0.2, 0.25) is 0 Å². The highest BCUT2D eigenvalue weighted by molar-refractivity contribution is 9.10. The zero-order valence-electron chi connectivity index (χ0n) is 27.0. The number of nitrogens with zero attached hydrogens (tertiary/aromatic N) is 2. The molecular weight excluding hydrogens is 690 g/mol. The fourth-order valence-electron chi connectivity index (χ4n) is 7.09. The van der Waals surface area contributed by atoms with Crippen LogP contribution in [-0.4, -0.2) is 74.6 Å². The summed E-state index contributed by atoms with van der Waals surface area (Å²) >= 11 is 3.59. The number of ketones is 1. The molecule has 0 bridgehead atoms. The van der Waals surface area contributed by atoms with E-state index in [0.717, 1.165) is 24.6 Å². The number of amides is 2. The molecule has 11 nitrogen and oxygen atoms in total. The number of hydrogen-bond donors (Lipinski definition) is 1. The van der Waals surface area contributed by atoms with E-state index in [4.69, 9.17) is 14.2 Å². The van der Waals surface area contributed by atoms with Crippen LogP contribution in [0.3, 0.4) is 0 Å². The predicted molar refractivity (Wildman–Crippen MR) is 179 cm³/mol. The molecule has 1 aromatic carbocycles. The maximum absolute atomic E-state index is 14.2. The van der Waals surface area contributed by atoms with E-state index in [-0.39, 0.29) is 30.4 Å². The molecule has 47 heavy (non-hydrogen) atoms. The summed E-state index contributed by atoms with van der Waals surface area (Å²) in [4.78, 5) is 48.0. The second-order valence-electron chi connectivity index (χ2n) is 13.3. The maximum atomic E-state index is 14.2. The third-order valence-corrected chi connectivity index (χ3v) is 12.6. The molecule has 2 heterocycles. The Labute approximate surface area is 284 Å². The SMILES string of the molecule is CCOc1cc(O[C@@H]2C[C@H]3C(=O)C[C@]4(C(=O)NS(=O)(=O)C5CC5)C[C@H]4/C=C\CCCCN(C)C(=O)[C@@H]3C2)c2ccc(OC)c(Br)c2n1. The molecule has 1 aromatic heterocycles. The third kappa shape index (κ3) is 6.88. The number of rotatable bonds is 8. The molecule has 3 aliphatic carbocycles. The van der Waals surface area contributed by atoms with Crippen molar-refractivity contribution in [1.29, 1.82) is 0 Å². The summed E-state index contributed by atoms with van der Waals surface area (Å²) in [6.45, 7) is 2.84. The quantitative estimate of drug-likeness (QED) is 0.374. The zero-order chi connectivity index (χ0) is 33.5. The summed E-state index contributed by atoms with van der Waals surface area (Å²) in [5, 5.41) is 0.165. The lowest BCUT2D eigenvalue weighted by molar-refractivity contribution is -0.140. The van der Waals surface area contributed by atoms with Gasteiger partial charge in [-0.25, -0.2) is 13.4 Å². The molecule has 6 rings (SSSR count). The summed E-state index contributed by atoms with van der Waals surface area (Å²) < 4.78 is 46.2. The molecule has 0 unspecified atom stereocenters. The van der Waals surface area contributed by atoms with E-state index in [0.29, 0.717) is 66.2 Å². The molecule has 0 radical (unpaired) electrons. The Morgan fingerprint density at radius 1 is 1.15 bits per heavy atom. The van der Waals surface area contributed by atoms with Crippen molar-refractivity contribution in [2.45, 2.75) is 76.1 Å². The first-order valence-electron chi connectivity index (χ1n) is 16.4. The van der Waals surface area contributed by atoms with Crippen LogP contribution in [0.5, 0.6) is 17.4 Å². The van der Waals surface area contributed by atoms with Crippen molar-refractivity contribution in [3.05, 3.63) is 34.8 Å². The van der Waals surface area contributed by atoms with Crippen molar-refractivity contribution in [1.82, 2.24) is 14.6 Å². The van der Waals surface area contributed by atoms with Crippen LogP contribution in [-0.2, 0) is 24.4 Å². The average molecular weight is 733 g/mol. The number of methoxy groups -OCH3 is 1. The second-order valence-corrected chi connectivity index (χ2v) is 16.0. The Hall–Kier alpha value is -3.19. The van der Waals surface area contributed by atoms with Gasteiger partial charge in [0.2, 0.25) is 27.7 Å². The fourth-order valence-corrected chi connectivity index (χ4v) is 9.07. The van der Waals surface area contributed by atoms with Gasteiger partial charge in [-0.15, -0.1) is 0 Å². The minimum atomic E-state index is -3.78. The summed E-state index contributed by atoms with van der Waals surface area (Å²) in [7, 11) is -0.437. The number of halogens is 1. The Bertz CT molecular complexity index is 1710. The van der Waals surface area contributed by atoms with Crippen LogP contribution < -0.4 is 18.9 Å². The third-order valence-electron chi connectivity index (χ3n) is 10.0. The minimum absolute atomic E-state index is 0.119. The van der Waals surface area contributed by atoms with E-state index in [1.54, 1.807) is 25.1 Å². The summed E-state index contributed by atoms with van der Waals surface area (Å²) in [6, 6.07) is 5.38. The van der Waals surface area contributed by atoms with Crippen molar-refractivity contribution in [2.24, 2.45) is 23.2 Å². The maximum Gasteiger partial charge on any atom is 0.240 e. The van der Waals surface area contributed by atoms with Crippen LogP contribution >= 0.6 is 15.9 Å². The number of ether oxygens (including phenoxy) is 3. The number of allylic oxidation sites excluding steroid dienone is 2. The molecule has 5 atom stereocenters. The van der Waals surface area contributed by atoms with Crippen LogP contribution in [0.1, 0.15) is 64.7 Å². The number of nitrogens with one attached hydrogen (secondary N) is 1. The summed E-state index contributed by atoms with van der Waals surface area (Å²) in [5.74, 6) is -1.00. The Kier molecular flexibility index (Phi) is 9.59. The molecule has 0 spiro atoms. The average Bonchev–Trinajstić information content (AvgIpc) is 3.96. The first-order chi connectivity index (χ1) is 22.5. The van der Waals surface area contributed by atoms with E-state index in [1.807, 2.05) is 31.2 Å². The zero-order valence-corrected chi connectivity index (χ0v) is 29.4. The van der Waals surface area contributed by atoms with Crippen molar-refractivity contribution in [3.63, 3.8) is 0 Å². The van der Waals surface area contributed by atoms with Gasteiger partial charge >= 0.3 is 0 Å². The molecule has 2 amide bonds. The summed E-state index contributed by atoms with van der Waals surface area (Å²) in [6.07, 6.45) is 7.88. The normalized spacial score (nSPS) is 29.0. The van der Waals surface area contributed by atoms with Gasteiger partial charge in [0, 0.05) is 37.4 Å². The molecule has 3 fully saturated rings. The van der Waals surface area contributed by atoms with Gasteiger partial charge in [0.25, 0.3) is 0 Å². The van der Waals surface area contributed by atoms with Crippen LogP contribution in [0.4, 0.5) is 0 Å². The first-order valence-corrected chi connectivity index (χ1v) is 18.8. The Balaban J connectivity index is 1.30. The Morgan fingerprint density at radius 3 is 2.64 bits per heavy atom. The van der Waals surface area contributed by atoms with E-state index in [9.17, 15) is 22.8 Å². The van der Waals surface area contributed by atoms with Gasteiger partial charge in [0.15, 0.2) is 0 Å². The number of sulfonamides is 1. The van der Waals surface area contributed by atoms with Crippen LogP contribution in [0, 0.1) is 23.2 Å². The number of carbonyl (C=O) groups is 3. The lowest BCUT2D eigenvalue weighted by atomic mass is 9.84. The van der Waals surface area contributed by atoms with E-state index >= 15 is 0 Å². The molecule has 1 aliphatic heterocycles. The summed E-state index contributed by atoms with van der Waals surface area (Å²) in [5.41, 5.74) is -0.548. The number of aromatic nitrogens is 1. The molecule has 13 heteroatoms. The monoisotopic (exact) mass is 731 g/mol. The van der Waals surface area contributed by atoms with Crippen molar-refractivity contribution in [2.75, 3.05) is 27.3 Å². The van der Waals surface area contributed by atoms with E-state index < -0.39 is 44.5 Å². The fraction of sp³-hybridized carbons (Fsp3) is 0.588. The highest BCUT2D eigenvalue weighted by Gasteiger charge is 2.61. The molecule has 4 aliphatic rings. The van der Waals surface area contributed by atoms with Gasteiger partial charge in [-0.3, -0.25) is 19.1 Å². The molecule has 1 N–H and O–H groups in total. The second kappa shape index (κ2) is 13.4. The number of pyridine rings is 1. The van der Waals surface area contributed by atoms with Gasteiger partial charge in [-0.05, 0) is 92.3 Å². The predicted octanol–water partition coefficient (Wildman–Crippen LogP) is 4.95. The van der Waals surface area contributed by atoms with Gasteiger partial charge in [0.1, 0.15) is 23.4 Å². The molecule has 2 aromatic rings. The lowest BCUT2D eigenvalue weighted by Crippen LogP contribution is -2.42. The largest absolute Gasteiger partial charge is 0.495 e. The highest BCUT2D eigenvalue weighted by Crippen LogP contribution is 2.58. The van der Waals surface area contributed by atoms with Crippen molar-refractivity contribution < 1.29 is 37.0 Å². The number of Topliss-reactive ketones (excluding diaryl/α,β-unsaturated/α-hetero) is 1.